The van der Waals surface area contributed by atoms with Crippen LogP contribution in [0.5, 0.6) is 0 Å². The van der Waals surface area contributed by atoms with Crippen LogP contribution in [0, 0.1) is 10.1 Å². The van der Waals surface area contributed by atoms with Crippen molar-refractivity contribution in [2.45, 2.75) is 0 Å². The van der Waals surface area contributed by atoms with Gasteiger partial charge in [-0.2, -0.15) is 0 Å². The Morgan fingerprint density at radius 1 is 1.09 bits per heavy atom. The van der Waals surface area contributed by atoms with Crippen molar-refractivity contribution >= 4 is 28.2 Å². The highest BCUT2D eigenvalue weighted by Gasteiger charge is 2.17. The fourth-order valence-electron chi connectivity index (χ4n) is 2.15. The molecule has 3 heterocycles. The Morgan fingerprint density at radius 2 is 1.95 bits per heavy atom. The van der Waals surface area contributed by atoms with Crippen molar-refractivity contribution in [2.24, 2.45) is 0 Å². The second-order valence-corrected chi connectivity index (χ2v) is 5.44. The van der Waals surface area contributed by atoms with Crippen LogP contribution in [0.15, 0.2) is 56.7 Å². The number of benzene rings is 1. The van der Waals surface area contributed by atoms with Gasteiger partial charge in [0.25, 0.3) is 0 Å². The maximum absolute atomic E-state index is 10.7. The van der Waals surface area contributed by atoms with Gasteiger partial charge in [0.05, 0.1) is 6.07 Å². The lowest BCUT2D eigenvalue weighted by Gasteiger charge is -1.89. The van der Waals surface area contributed by atoms with Crippen molar-refractivity contribution in [2.75, 3.05) is 0 Å². The van der Waals surface area contributed by atoms with Crippen molar-refractivity contribution in [1.82, 2.24) is 4.98 Å². The molecule has 4 aromatic rings. The molecule has 0 unspecified atom stereocenters. The molecule has 0 saturated heterocycles. The number of nitro groups is 1. The van der Waals surface area contributed by atoms with Crippen LogP contribution < -0.4 is 0 Å². The van der Waals surface area contributed by atoms with Crippen LogP contribution >= 0.6 is 11.3 Å². The molecule has 22 heavy (non-hydrogen) atoms. The molecular weight excluding hydrogens is 304 g/mol. The maximum Gasteiger partial charge on any atom is 0.433 e. The van der Waals surface area contributed by atoms with Crippen LogP contribution in [0.25, 0.3) is 33.2 Å². The third-order valence-corrected chi connectivity index (χ3v) is 4.02. The Labute approximate surface area is 127 Å². The summed E-state index contributed by atoms with van der Waals surface area (Å²) in [5.41, 5.74) is 1.47. The van der Waals surface area contributed by atoms with Gasteiger partial charge in [0.1, 0.15) is 16.2 Å². The number of hydrogen-bond acceptors (Lipinski definition) is 6. The summed E-state index contributed by atoms with van der Waals surface area (Å²) in [6.07, 6.45) is 0. The van der Waals surface area contributed by atoms with Gasteiger partial charge in [-0.15, -0.1) is 11.3 Å². The first-order valence-electron chi connectivity index (χ1n) is 6.40. The highest BCUT2D eigenvalue weighted by atomic mass is 32.1. The molecule has 0 atom stereocenters. The third-order valence-electron chi connectivity index (χ3n) is 3.16. The van der Waals surface area contributed by atoms with E-state index in [9.17, 15) is 10.1 Å². The van der Waals surface area contributed by atoms with E-state index in [4.69, 9.17) is 8.83 Å². The highest BCUT2D eigenvalue weighted by Crippen LogP contribution is 2.33. The van der Waals surface area contributed by atoms with E-state index in [0.717, 1.165) is 11.0 Å². The van der Waals surface area contributed by atoms with Gasteiger partial charge in [0, 0.05) is 10.8 Å². The van der Waals surface area contributed by atoms with E-state index in [0.29, 0.717) is 22.2 Å². The highest BCUT2D eigenvalue weighted by molar-refractivity contribution is 7.13. The first-order valence-corrected chi connectivity index (χ1v) is 7.28. The van der Waals surface area contributed by atoms with Gasteiger partial charge >= 0.3 is 5.88 Å². The SMILES string of the molecule is O=[N+]([O-])c1ccc(-c2nc(-c3cc4ccccc4o3)cs2)o1. The minimum Gasteiger partial charge on any atom is -0.454 e. The number of rotatable bonds is 3. The maximum atomic E-state index is 10.7. The van der Waals surface area contributed by atoms with Crippen molar-refractivity contribution in [1.29, 1.82) is 0 Å². The quantitative estimate of drug-likeness (QED) is 0.403. The summed E-state index contributed by atoms with van der Waals surface area (Å²) in [5, 5.41) is 14.1. The number of nitrogens with zero attached hydrogens (tertiary/aromatic N) is 2. The summed E-state index contributed by atoms with van der Waals surface area (Å²) in [6, 6.07) is 12.5. The molecule has 0 radical (unpaired) electrons. The monoisotopic (exact) mass is 312 g/mol. The normalized spacial score (nSPS) is 11.1. The molecule has 6 nitrogen and oxygen atoms in total. The topological polar surface area (TPSA) is 82.3 Å². The zero-order valence-electron chi connectivity index (χ0n) is 11.1. The predicted molar refractivity (Wildman–Crippen MR) is 81.7 cm³/mol. The minimum absolute atomic E-state index is 0.296. The molecule has 108 valence electrons. The summed E-state index contributed by atoms with van der Waals surface area (Å²) in [4.78, 5) is 14.5. The molecule has 0 aliphatic rings. The second-order valence-electron chi connectivity index (χ2n) is 4.58. The lowest BCUT2D eigenvalue weighted by Crippen LogP contribution is -1.82. The second kappa shape index (κ2) is 4.81. The van der Waals surface area contributed by atoms with Crippen molar-refractivity contribution in [3.63, 3.8) is 0 Å². The van der Waals surface area contributed by atoms with Crippen LogP contribution in [-0.4, -0.2) is 9.91 Å². The van der Waals surface area contributed by atoms with E-state index in [-0.39, 0.29) is 5.88 Å². The van der Waals surface area contributed by atoms with Crippen molar-refractivity contribution in [3.05, 3.63) is 58.0 Å². The van der Waals surface area contributed by atoms with E-state index >= 15 is 0 Å². The Kier molecular flexibility index (Phi) is 2.80. The van der Waals surface area contributed by atoms with Gasteiger partial charge in [-0.1, -0.05) is 18.2 Å². The molecule has 0 N–H and O–H groups in total. The number of hydrogen-bond donors (Lipinski definition) is 0. The Hall–Kier alpha value is -2.93. The Balaban J connectivity index is 1.72. The average molecular weight is 312 g/mol. The number of furan rings is 2. The minimum atomic E-state index is -0.572. The smallest absolute Gasteiger partial charge is 0.433 e. The number of fused-ring (bicyclic) bond motifs is 1. The molecule has 0 saturated carbocycles. The fourth-order valence-corrected chi connectivity index (χ4v) is 2.92. The fraction of sp³-hybridized carbons (Fsp3) is 0. The molecular formula is C15H8N2O4S. The lowest BCUT2D eigenvalue weighted by atomic mass is 10.2. The molecule has 1 aromatic carbocycles. The summed E-state index contributed by atoms with van der Waals surface area (Å²) >= 11 is 1.34. The summed E-state index contributed by atoms with van der Waals surface area (Å²) in [5.74, 6) is 0.735. The number of thiazole rings is 1. The zero-order valence-corrected chi connectivity index (χ0v) is 11.9. The largest absolute Gasteiger partial charge is 0.454 e. The predicted octanol–water partition coefficient (Wildman–Crippen LogP) is 4.72. The molecule has 7 heteroatoms. The first-order chi connectivity index (χ1) is 10.7. The van der Waals surface area contributed by atoms with E-state index in [1.54, 1.807) is 6.07 Å². The van der Waals surface area contributed by atoms with Crippen molar-refractivity contribution in [3.8, 4) is 22.2 Å². The van der Waals surface area contributed by atoms with Crippen LogP contribution in [0.2, 0.25) is 0 Å². The third kappa shape index (κ3) is 2.08. The molecule has 0 aliphatic heterocycles. The average Bonchev–Trinajstić information content (AvgIpc) is 3.24. The van der Waals surface area contributed by atoms with Gasteiger partial charge in [0.15, 0.2) is 16.5 Å². The van der Waals surface area contributed by atoms with Gasteiger partial charge in [0.2, 0.25) is 0 Å². The lowest BCUT2D eigenvalue weighted by molar-refractivity contribution is -0.401. The van der Waals surface area contributed by atoms with Gasteiger partial charge in [-0.25, -0.2) is 4.98 Å². The zero-order chi connectivity index (χ0) is 15.1. The van der Waals surface area contributed by atoms with E-state index < -0.39 is 4.92 Å². The first kappa shape index (κ1) is 12.8. The summed E-state index contributed by atoms with van der Waals surface area (Å²) in [6.45, 7) is 0. The molecule has 0 fully saturated rings. The standard InChI is InChI=1S/C15H8N2O4S/c18-17(19)14-6-5-12(21-14)15-16-10(8-22-15)13-7-9-3-1-2-4-11(9)20-13/h1-8H. The number of para-hydroxylation sites is 1. The molecule has 0 spiro atoms. The van der Waals surface area contributed by atoms with Crippen LogP contribution in [0.4, 0.5) is 5.88 Å². The summed E-state index contributed by atoms with van der Waals surface area (Å²) in [7, 11) is 0. The molecule has 0 bridgehead atoms. The van der Waals surface area contributed by atoms with Crippen molar-refractivity contribution < 1.29 is 13.8 Å². The number of aromatic nitrogens is 1. The molecule has 0 amide bonds. The van der Waals surface area contributed by atoms with Gasteiger partial charge < -0.3 is 8.83 Å². The van der Waals surface area contributed by atoms with Gasteiger partial charge in [-0.3, -0.25) is 10.1 Å². The van der Waals surface area contributed by atoms with E-state index in [1.807, 2.05) is 35.7 Å². The Morgan fingerprint density at radius 3 is 2.73 bits per heavy atom. The van der Waals surface area contributed by atoms with Crippen LogP contribution in [0.1, 0.15) is 0 Å². The van der Waals surface area contributed by atoms with Gasteiger partial charge in [-0.05, 0) is 18.2 Å². The van der Waals surface area contributed by atoms with E-state index in [1.165, 1.54) is 17.4 Å². The van der Waals surface area contributed by atoms with Crippen LogP contribution in [0.3, 0.4) is 0 Å². The summed E-state index contributed by atoms with van der Waals surface area (Å²) < 4.78 is 10.9. The Bertz CT molecular complexity index is 949. The molecule has 0 aliphatic carbocycles. The van der Waals surface area contributed by atoms with Crippen LogP contribution in [-0.2, 0) is 0 Å². The molecule has 3 aromatic heterocycles. The molecule has 4 rings (SSSR count). The van der Waals surface area contributed by atoms with E-state index in [2.05, 4.69) is 4.98 Å².